The molecule has 1 aromatic heterocycles. The first-order valence-electron chi connectivity index (χ1n) is 5.78. The van der Waals surface area contributed by atoms with Gasteiger partial charge in [-0.3, -0.25) is 4.79 Å². The summed E-state index contributed by atoms with van der Waals surface area (Å²) >= 11 is 0. The number of hydrogen-bond donors (Lipinski definition) is 2. The van der Waals surface area contributed by atoms with Gasteiger partial charge in [0.1, 0.15) is 0 Å². The molecule has 1 atom stereocenters. The van der Waals surface area contributed by atoms with E-state index in [1.807, 2.05) is 6.92 Å². The van der Waals surface area contributed by atoms with Gasteiger partial charge in [-0.05, 0) is 43.2 Å². The fraction of sp³-hybridized carbons (Fsp3) is 0.700. The minimum Gasteiger partial charge on any atom is -0.379 e. The Balaban J connectivity index is 1.83. The number of nitrogens with zero attached hydrogens (tertiary/aromatic N) is 3. The number of nitrogen functional groups attached to an aromatic ring is 1. The normalized spacial score (nSPS) is 18.2. The maximum Gasteiger partial charge on any atom is 0.277 e. The number of anilines is 1. The quantitative estimate of drug-likeness (QED) is 0.759. The average molecular weight is 239 g/mol. The lowest BCUT2D eigenvalue weighted by molar-refractivity contribution is 0.0922. The van der Waals surface area contributed by atoms with Crippen LogP contribution < -0.4 is 11.1 Å². The van der Waals surface area contributed by atoms with Gasteiger partial charge in [0, 0.05) is 12.6 Å². The number of nitrogens with two attached hydrogens (primary N) is 1. The summed E-state index contributed by atoms with van der Waals surface area (Å²) in [5, 5.41) is 9.66. The second-order valence-electron chi connectivity index (χ2n) is 4.38. The lowest BCUT2D eigenvalue weighted by Crippen LogP contribution is -2.41. The Labute approximate surface area is 99.3 Å². The fourth-order valence-electron chi connectivity index (χ4n) is 2.04. The molecule has 0 radical (unpaired) electrons. The molecule has 17 heavy (non-hydrogen) atoms. The monoisotopic (exact) mass is 239 g/mol. The van der Waals surface area contributed by atoms with E-state index in [9.17, 15) is 4.79 Å². The molecule has 2 rings (SSSR count). The summed E-state index contributed by atoms with van der Waals surface area (Å²) in [4.78, 5) is 14.1. The van der Waals surface area contributed by atoms with Crippen molar-refractivity contribution >= 4 is 11.7 Å². The van der Waals surface area contributed by atoms with Gasteiger partial charge in [0.15, 0.2) is 0 Å². The number of likely N-dealkylation sites (tertiary alicyclic amines) is 1. The Bertz CT molecular complexity index is 386. The lowest BCUT2D eigenvalue weighted by Gasteiger charge is -2.20. The molecule has 1 unspecified atom stereocenters. The number of carbonyl (C=O) groups is 1. The minimum absolute atomic E-state index is 0.0240. The van der Waals surface area contributed by atoms with Gasteiger partial charge in [-0.25, -0.2) is 4.63 Å². The van der Waals surface area contributed by atoms with E-state index in [-0.39, 0.29) is 23.5 Å². The highest BCUT2D eigenvalue weighted by atomic mass is 16.6. The van der Waals surface area contributed by atoms with Crippen LogP contribution in [0.5, 0.6) is 0 Å². The van der Waals surface area contributed by atoms with E-state index >= 15 is 0 Å². The largest absolute Gasteiger partial charge is 0.379 e. The first-order chi connectivity index (χ1) is 8.16. The Morgan fingerprint density at radius 3 is 2.82 bits per heavy atom. The van der Waals surface area contributed by atoms with Gasteiger partial charge < -0.3 is 16.0 Å². The van der Waals surface area contributed by atoms with E-state index in [0.29, 0.717) is 0 Å². The lowest BCUT2D eigenvalue weighted by atomic mass is 10.3. The third-order valence-corrected chi connectivity index (χ3v) is 2.84. The van der Waals surface area contributed by atoms with E-state index < -0.39 is 0 Å². The van der Waals surface area contributed by atoms with Crippen LogP contribution >= 0.6 is 0 Å². The highest BCUT2D eigenvalue weighted by Crippen LogP contribution is 2.08. The molecule has 1 aromatic rings. The summed E-state index contributed by atoms with van der Waals surface area (Å²) < 4.78 is 4.39. The third-order valence-electron chi connectivity index (χ3n) is 2.84. The molecule has 0 aliphatic carbocycles. The van der Waals surface area contributed by atoms with Gasteiger partial charge in [0.25, 0.3) is 5.91 Å². The van der Waals surface area contributed by atoms with Crippen molar-refractivity contribution in [2.45, 2.75) is 25.8 Å². The summed E-state index contributed by atoms with van der Waals surface area (Å²) in [6.45, 7) is 5.01. The van der Waals surface area contributed by atoms with Crippen LogP contribution in [0.3, 0.4) is 0 Å². The highest BCUT2D eigenvalue weighted by Gasteiger charge is 2.20. The maximum absolute atomic E-state index is 11.7. The maximum atomic E-state index is 11.7. The van der Waals surface area contributed by atoms with E-state index in [1.54, 1.807) is 0 Å². The molecule has 94 valence electrons. The van der Waals surface area contributed by atoms with Gasteiger partial charge in [-0.2, -0.15) is 0 Å². The summed E-state index contributed by atoms with van der Waals surface area (Å²) in [5.74, 6) is -0.314. The zero-order valence-corrected chi connectivity index (χ0v) is 9.85. The van der Waals surface area contributed by atoms with Gasteiger partial charge >= 0.3 is 0 Å². The number of carbonyl (C=O) groups excluding carboxylic acids is 1. The second-order valence-corrected chi connectivity index (χ2v) is 4.38. The first-order valence-corrected chi connectivity index (χ1v) is 5.78. The second kappa shape index (κ2) is 5.13. The predicted octanol–water partition coefficient (Wildman–Crippen LogP) is -0.134. The third kappa shape index (κ3) is 2.94. The Hall–Kier alpha value is -1.63. The summed E-state index contributed by atoms with van der Waals surface area (Å²) in [7, 11) is 0. The van der Waals surface area contributed by atoms with E-state index in [4.69, 9.17) is 5.73 Å². The van der Waals surface area contributed by atoms with E-state index in [1.165, 1.54) is 12.8 Å². The Morgan fingerprint density at radius 1 is 1.53 bits per heavy atom. The van der Waals surface area contributed by atoms with Gasteiger partial charge in [-0.15, -0.1) is 0 Å². The van der Waals surface area contributed by atoms with Crippen LogP contribution in [-0.4, -0.2) is 46.8 Å². The van der Waals surface area contributed by atoms with Crippen molar-refractivity contribution in [1.29, 1.82) is 0 Å². The van der Waals surface area contributed by atoms with Gasteiger partial charge in [0.05, 0.1) is 0 Å². The molecule has 0 spiro atoms. The van der Waals surface area contributed by atoms with Crippen LogP contribution in [0.1, 0.15) is 30.3 Å². The molecule has 1 amide bonds. The summed E-state index contributed by atoms with van der Waals surface area (Å²) in [6, 6.07) is 0.0525. The topological polar surface area (TPSA) is 97.3 Å². The standard InChI is InChI=1S/C10H17N5O2/c1-7(6-15-4-2-3-5-15)12-10(16)8-9(11)14-17-13-8/h7H,2-6H2,1H3,(H2,11,14)(H,12,16). The first kappa shape index (κ1) is 11.8. The van der Waals surface area contributed by atoms with Crippen molar-refractivity contribution in [2.75, 3.05) is 25.4 Å². The average Bonchev–Trinajstić information content (AvgIpc) is 2.88. The molecule has 2 heterocycles. The summed E-state index contributed by atoms with van der Waals surface area (Å²) in [5.41, 5.74) is 5.50. The van der Waals surface area contributed by atoms with Crippen molar-refractivity contribution in [3.63, 3.8) is 0 Å². The number of nitrogens with one attached hydrogen (secondary N) is 1. The van der Waals surface area contributed by atoms with Crippen LogP contribution in [0.2, 0.25) is 0 Å². The molecule has 7 nitrogen and oxygen atoms in total. The Morgan fingerprint density at radius 2 is 2.24 bits per heavy atom. The number of amides is 1. The van der Waals surface area contributed by atoms with Crippen LogP contribution in [-0.2, 0) is 0 Å². The van der Waals surface area contributed by atoms with E-state index in [2.05, 4.69) is 25.2 Å². The molecule has 0 bridgehead atoms. The SMILES string of the molecule is CC(CN1CCCC1)NC(=O)c1nonc1N. The van der Waals surface area contributed by atoms with Crippen molar-refractivity contribution in [2.24, 2.45) is 0 Å². The molecule has 1 fully saturated rings. The smallest absolute Gasteiger partial charge is 0.277 e. The summed E-state index contributed by atoms with van der Waals surface area (Å²) in [6.07, 6.45) is 2.47. The minimum atomic E-state index is -0.338. The predicted molar refractivity (Wildman–Crippen MR) is 61.3 cm³/mol. The van der Waals surface area contributed by atoms with E-state index in [0.717, 1.165) is 19.6 Å². The highest BCUT2D eigenvalue weighted by molar-refractivity contribution is 5.96. The fourth-order valence-corrected chi connectivity index (χ4v) is 2.04. The molecule has 3 N–H and O–H groups in total. The van der Waals surface area contributed by atoms with Crippen LogP contribution in [0, 0.1) is 0 Å². The van der Waals surface area contributed by atoms with Crippen LogP contribution in [0.15, 0.2) is 4.63 Å². The van der Waals surface area contributed by atoms with Crippen LogP contribution in [0.4, 0.5) is 5.82 Å². The van der Waals surface area contributed by atoms with Crippen molar-refractivity contribution in [3.8, 4) is 0 Å². The zero-order valence-electron chi connectivity index (χ0n) is 9.85. The number of rotatable bonds is 4. The zero-order chi connectivity index (χ0) is 12.3. The van der Waals surface area contributed by atoms with Crippen molar-refractivity contribution < 1.29 is 9.42 Å². The molecule has 0 saturated carbocycles. The molecule has 1 aliphatic rings. The number of hydrogen-bond acceptors (Lipinski definition) is 6. The van der Waals surface area contributed by atoms with Gasteiger partial charge in [-0.1, -0.05) is 0 Å². The van der Waals surface area contributed by atoms with Gasteiger partial charge in [0.2, 0.25) is 11.5 Å². The Kier molecular flexibility index (Phi) is 3.58. The molecule has 0 aromatic carbocycles. The molecule has 1 aliphatic heterocycles. The molecular formula is C10H17N5O2. The number of aromatic nitrogens is 2. The van der Waals surface area contributed by atoms with Crippen molar-refractivity contribution in [1.82, 2.24) is 20.5 Å². The van der Waals surface area contributed by atoms with Crippen molar-refractivity contribution in [3.05, 3.63) is 5.69 Å². The molecule has 7 heteroatoms. The molecular weight excluding hydrogens is 222 g/mol. The van der Waals surface area contributed by atoms with Crippen LogP contribution in [0.25, 0.3) is 0 Å². The molecule has 1 saturated heterocycles.